The predicted molar refractivity (Wildman–Crippen MR) is 77.0 cm³/mol. The van der Waals surface area contributed by atoms with Crippen LogP contribution in [-0.4, -0.2) is 38.2 Å². The van der Waals surface area contributed by atoms with Crippen LogP contribution in [0, 0.1) is 11.3 Å². The SMILES string of the molecule is CC(CCN(C)C)NCc1cccc(OCC#N)c1. The highest BCUT2D eigenvalue weighted by atomic mass is 16.5. The maximum absolute atomic E-state index is 8.49. The van der Waals surface area contributed by atoms with Gasteiger partial charge in [-0.3, -0.25) is 0 Å². The Morgan fingerprint density at radius 1 is 1.42 bits per heavy atom. The van der Waals surface area contributed by atoms with E-state index in [1.54, 1.807) is 0 Å². The molecule has 4 heteroatoms. The number of ether oxygens (including phenoxy) is 1. The van der Waals surface area contributed by atoms with Crippen LogP contribution >= 0.6 is 0 Å². The van der Waals surface area contributed by atoms with E-state index in [1.165, 1.54) is 5.56 Å². The van der Waals surface area contributed by atoms with E-state index in [0.717, 1.165) is 25.3 Å². The van der Waals surface area contributed by atoms with E-state index >= 15 is 0 Å². The second-order valence-electron chi connectivity index (χ2n) is 4.97. The van der Waals surface area contributed by atoms with Crippen molar-refractivity contribution in [2.45, 2.75) is 25.9 Å². The Kier molecular flexibility index (Phi) is 6.94. The van der Waals surface area contributed by atoms with E-state index in [0.29, 0.717) is 6.04 Å². The van der Waals surface area contributed by atoms with Gasteiger partial charge in [0.15, 0.2) is 6.61 Å². The largest absolute Gasteiger partial charge is 0.479 e. The summed E-state index contributed by atoms with van der Waals surface area (Å²) in [6.07, 6.45) is 1.12. The Morgan fingerprint density at radius 2 is 2.21 bits per heavy atom. The third-order valence-corrected chi connectivity index (χ3v) is 2.87. The van der Waals surface area contributed by atoms with Crippen LogP contribution in [-0.2, 0) is 6.54 Å². The Morgan fingerprint density at radius 3 is 2.89 bits per heavy atom. The molecule has 0 amide bonds. The number of nitriles is 1. The molecule has 1 N–H and O–H groups in total. The fourth-order valence-corrected chi connectivity index (χ4v) is 1.71. The summed E-state index contributed by atoms with van der Waals surface area (Å²) in [6, 6.07) is 10.3. The summed E-state index contributed by atoms with van der Waals surface area (Å²) in [5.74, 6) is 0.752. The molecule has 0 saturated carbocycles. The normalized spacial score (nSPS) is 12.2. The fraction of sp³-hybridized carbons (Fsp3) is 0.533. The van der Waals surface area contributed by atoms with Crippen LogP contribution in [0.5, 0.6) is 5.75 Å². The summed E-state index contributed by atoms with van der Waals surface area (Å²) >= 11 is 0. The third kappa shape index (κ3) is 6.80. The molecule has 19 heavy (non-hydrogen) atoms. The molecule has 104 valence electrons. The predicted octanol–water partition coefficient (Wildman–Crippen LogP) is 2.02. The number of nitrogens with zero attached hydrogens (tertiary/aromatic N) is 2. The third-order valence-electron chi connectivity index (χ3n) is 2.87. The zero-order valence-electron chi connectivity index (χ0n) is 12.0. The average Bonchev–Trinajstić information content (AvgIpc) is 2.41. The lowest BCUT2D eigenvalue weighted by molar-refractivity contribution is 0.363. The number of hydrogen-bond donors (Lipinski definition) is 1. The molecule has 1 rings (SSSR count). The summed E-state index contributed by atoms with van der Waals surface area (Å²) in [6.45, 7) is 4.19. The zero-order chi connectivity index (χ0) is 14.1. The van der Waals surface area contributed by atoms with Crippen molar-refractivity contribution in [3.05, 3.63) is 29.8 Å². The van der Waals surface area contributed by atoms with Gasteiger partial charge in [0, 0.05) is 12.6 Å². The minimum atomic E-state index is 0.0934. The van der Waals surface area contributed by atoms with E-state index in [2.05, 4.69) is 37.3 Å². The van der Waals surface area contributed by atoms with E-state index < -0.39 is 0 Å². The lowest BCUT2D eigenvalue weighted by Gasteiger charge is -2.17. The van der Waals surface area contributed by atoms with Gasteiger partial charge in [-0.1, -0.05) is 12.1 Å². The van der Waals surface area contributed by atoms with Gasteiger partial charge in [0.1, 0.15) is 11.8 Å². The Labute approximate surface area is 116 Å². The maximum Gasteiger partial charge on any atom is 0.174 e. The van der Waals surface area contributed by atoms with E-state index in [-0.39, 0.29) is 6.61 Å². The van der Waals surface area contributed by atoms with Crippen molar-refractivity contribution in [2.75, 3.05) is 27.2 Å². The Bertz CT molecular complexity index is 412. The molecule has 0 aliphatic rings. The van der Waals surface area contributed by atoms with Gasteiger partial charge < -0.3 is 15.0 Å². The first kappa shape index (κ1) is 15.5. The lowest BCUT2D eigenvalue weighted by Crippen LogP contribution is -2.29. The first-order valence-electron chi connectivity index (χ1n) is 6.58. The van der Waals surface area contributed by atoms with Gasteiger partial charge in [0.25, 0.3) is 0 Å². The van der Waals surface area contributed by atoms with Crippen LogP contribution in [0.1, 0.15) is 18.9 Å². The van der Waals surface area contributed by atoms with Gasteiger partial charge in [-0.2, -0.15) is 5.26 Å². The molecule has 0 heterocycles. The lowest BCUT2D eigenvalue weighted by atomic mass is 10.2. The molecule has 1 aromatic carbocycles. The highest BCUT2D eigenvalue weighted by Gasteiger charge is 2.03. The molecule has 0 radical (unpaired) electrons. The van der Waals surface area contributed by atoms with Gasteiger partial charge in [0.05, 0.1) is 0 Å². The van der Waals surface area contributed by atoms with Gasteiger partial charge in [0.2, 0.25) is 0 Å². The summed E-state index contributed by atoms with van der Waals surface area (Å²) < 4.78 is 5.29. The summed E-state index contributed by atoms with van der Waals surface area (Å²) in [5, 5.41) is 12.0. The van der Waals surface area contributed by atoms with Crippen molar-refractivity contribution >= 4 is 0 Å². The standard InChI is InChI=1S/C15H23N3O/c1-13(7-9-18(2)3)17-12-14-5-4-6-15(11-14)19-10-8-16/h4-6,11,13,17H,7,9-10,12H2,1-3H3. The molecule has 1 atom stereocenters. The maximum atomic E-state index is 8.49. The van der Waals surface area contributed by atoms with Crippen LogP contribution in [0.3, 0.4) is 0 Å². The van der Waals surface area contributed by atoms with E-state index in [4.69, 9.17) is 10.00 Å². The minimum Gasteiger partial charge on any atom is -0.479 e. The molecule has 0 bridgehead atoms. The molecule has 0 spiro atoms. The molecule has 0 aromatic heterocycles. The fourth-order valence-electron chi connectivity index (χ4n) is 1.71. The van der Waals surface area contributed by atoms with E-state index in [1.807, 2.05) is 24.3 Å². The molecule has 4 nitrogen and oxygen atoms in total. The second kappa shape index (κ2) is 8.52. The number of hydrogen-bond acceptors (Lipinski definition) is 4. The minimum absolute atomic E-state index is 0.0934. The molecule has 0 fully saturated rings. The number of nitrogens with one attached hydrogen (secondary N) is 1. The molecule has 1 aromatic rings. The van der Waals surface area contributed by atoms with Crippen LogP contribution in [0.2, 0.25) is 0 Å². The van der Waals surface area contributed by atoms with Gasteiger partial charge in [-0.25, -0.2) is 0 Å². The molecular formula is C15H23N3O. The number of rotatable bonds is 8. The van der Waals surface area contributed by atoms with Crippen molar-refractivity contribution in [3.63, 3.8) is 0 Å². The van der Waals surface area contributed by atoms with Gasteiger partial charge in [-0.15, -0.1) is 0 Å². The molecule has 0 aliphatic carbocycles. The highest BCUT2D eigenvalue weighted by Crippen LogP contribution is 2.13. The first-order valence-corrected chi connectivity index (χ1v) is 6.58. The van der Waals surface area contributed by atoms with Crippen LogP contribution < -0.4 is 10.1 Å². The quantitative estimate of drug-likeness (QED) is 0.778. The van der Waals surface area contributed by atoms with Crippen molar-refractivity contribution in [1.29, 1.82) is 5.26 Å². The Hall–Kier alpha value is -1.57. The molecule has 0 aliphatic heterocycles. The highest BCUT2D eigenvalue weighted by molar-refractivity contribution is 5.28. The number of benzene rings is 1. The average molecular weight is 261 g/mol. The van der Waals surface area contributed by atoms with Crippen molar-refractivity contribution < 1.29 is 4.74 Å². The zero-order valence-corrected chi connectivity index (χ0v) is 12.0. The van der Waals surface area contributed by atoms with Crippen molar-refractivity contribution in [1.82, 2.24) is 10.2 Å². The summed E-state index contributed by atoms with van der Waals surface area (Å²) in [4.78, 5) is 2.19. The van der Waals surface area contributed by atoms with Crippen LogP contribution in [0.25, 0.3) is 0 Å². The molecule has 1 unspecified atom stereocenters. The monoisotopic (exact) mass is 261 g/mol. The van der Waals surface area contributed by atoms with Crippen molar-refractivity contribution in [3.8, 4) is 11.8 Å². The topological polar surface area (TPSA) is 48.3 Å². The van der Waals surface area contributed by atoms with Crippen LogP contribution in [0.15, 0.2) is 24.3 Å². The van der Waals surface area contributed by atoms with Gasteiger partial charge in [-0.05, 0) is 51.7 Å². The van der Waals surface area contributed by atoms with Crippen molar-refractivity contribution in [2.24, 2.45) is 0 Å². The van der Waals surface area contributed by atoms with Gasteiger partial charge >= 0.3 is 0 Å². The van der Waals surface area contributed by atoms with Crippen LogP contribution in [0.4, 0.5) is 0 Å². The smallest absolute Gasteiger partial charge is 0.174 e. The molecule has 0 saturated heterocycles. The first-order chi connectivity index (χ1) is 9.11. The second-order valence-corrected chi connectivity index (χ2v) is 4.97. The Balaban J connectivity index is 2.38. The summed E-state index contributed by atoms with van der Waals surface area (Å²) in [5.41, 5.74) is 1.17. The molecular weight excluding hydrogens is 238 g/mol. The van der Waals surface area contributed by atoms with E-state index in [9.17, 15) is 0 Å². The summed E-state index contributed by atoms with van der Waals surface area (Å²) in [7, 11) is 4.17.